The van der Waals surface area contributed by atoms with Crippen LogP contribution < -0.4 is 10.3 Å². The lowest BCUT2D eigenvalue weighted by atomic mass is 10.0. The summed E-state index contributed by atoms with van der Waals surface area (Å²) in [6.45, 7) is 0. The molecule has 0 unspecified atom stereocenters. The number of halogens is 1. The molecule has 0 fully saturated rings. The van der Waals surface area contributed by atoms with E-state index < -0.39 is 0 Å². The summed E-state index contributed by atoms with van der Waals surface area (Å²) in [6.07, 6.45) is 0. The van der Waals surface area contributed by atoms with Gasteiger partial charge in [-0.25, -0.2) is 0 Å². The molecule has 0 spiro atoms. The molecule has 0 N–H and O–H groups in total. The summed E-state index contributed by atoms with van der Waals surface area (Å²) in [4.78, 5) is 14.7. The molecular formula is C17H14BrNO2. The molecule has 106 valence electrons. The van der Waals surface area contributed by atoms with E-state index in [2.05, 4.69) is 15.9 Å². The molecule has 1 aromatic heterocycles. The fraction of sp³-hybridized carbons (Fsp3) is 0.118. The molecule has 1 heterocycles. The first kappa shape index (κ1) is 13.9. The Labute approximate surface area is 130 Å². The van der Waals surface area contributed by atoms with Crippen molar-refractivity contribution in [3.05, 3.63) is 63.2 Å². The summed E-state index contributed by atoms with van der Waals surface area (Å²) >= 11 is 3.40. The highest BCUT2D eigenvalue weighted by atomic mass is 79.9. The van der Waals surface area contributed by atoms with Gasteiger partial charge in [0.05, 0.1) is 10.9 Å². The van der Waals surface area contributed by atoms with Gasteiger partial charge in [-0.05, 0) is 23.8 Å². The van der Waals surface area contributed by atoms with Gasteiger partial charge in [0.25, 0.3) is 0 Å². The van der Waals surface area contributed by atoms with E-state index in [-0.39, 0.29) is 5.43 Å². The second-order valence-electron chi connectivity index (χ2n) is 5.01. The predicted molar refractivity (Wildman–Crippen MR) is 89.9 cm³/mol. The Morgan fingerprint density at radius 1 is 1.05 bits per heavy atom. The third kappa shape index (κ3) is 2.47. The summed E-state index contributed by atoms with van der Waals surface area (Å²) < 4.78 is 6.81. The first-order valence-electron chi connectivity index (χ1n) is 6.57. The first-order chi connectivity index (χ1) is 10.1. The van der Waals surface area contributed by atoms with E-state index in [1.165, 1.54) is 0 Å². The number of hydrogen-bond donors (Lipinski definition) is 0. The maximum Gasteiger partial charge on any atom is 0.207 e. The molecule has 4 heteroatoms. The number of rotatable bonds is 2. The molecule has 0 aliphatic heterocycles. The molecule has 3 nitrogen and oxygen atoms in total. The Bertz CT molecular complexity index is 854. The van der Waals surface area contributed by atoms with E-state index in [4.69, 9.17) is 4.42 Å². The second kappa shape index (κ2) is 5.37. The highest BCUT2D eigenvalue weighted by Gasteiger charge is 2.17. The SMILES string of the molecule is CN(C)c1oc2ccc(Br)cc2c(=O)c1-c1ccccc1. The third-order valence-corrected chi connectivity index (χ3v) is 3.80. The van der Waals surface area contributed by atoms with Crippen molar-refractivity contribution in [1.29, 1.82) is 0 Å². The average Bonchev–Trinajstić information content (AvgIpc) is 2.48. The first-order valence-corrected chi connectivity index (χ1v) is 7.36. The number of benzene rings is 2. The Kier molecular flexibility index (Phi) is 3.55. The Morgan fingerprint density at radius 2 is 1.76 bits per heavy atom. The maximum atomic E-state index is 12.9. The van der Waals surface area contributed by atoms with Crippen LogP contribution in [0.3, 0.4) is 0 Å². The lowest BCUT2D eigenvalue weighted by Crippen LogP contribution is -2.16. The molecule has 21 heavy (non-hydrogen) atoms. The predicted octanol–water partition coefficient (Wildman–Crippen LogP) is 4.29. The van der Waals surface area contributed by atoms with Crippen LogP contribution in [0.15, 0.2) is 62.2 Å². The molecule has 0 saturated heterocycles. The normalized spacial score (nSPS) is 10.8. The van der Waals surface area contributed by atoms with Crippen LogP contribution in [0.2, 0.25) is 0 Å². The molecule has 0 aliphatic carbocycles. The molecule has 0 amide bonds. The lowest BCUT2D eigenvalue weighted by Gasteiger charge is -2.16. The monoisotopic (exact) mass is 343 g/mol. The van der Waals surface area contributed by atoms with Crippen LogP contribution in [0.5, 0.6) is 0 Å². The van der Waals surface area contributed by atoms with Crippen molar-refractivity contribution >= 4 is 32.8 Å². The van der Waals surface area contributed by atoms with Gasteiger partial charge in [0.2, 0.25) is 11.3 Å². The summed E-state index contributed by atoms with van der Waals surface area (Å²) in [5, 5.41) is 0.578. The van der Waals surface area contributed by atoms with E-state index in [1.54, 1.807) is 6.07 Å². The molecule has 3 rings (SSSR count). The highest BCUT2D eigenvalue weighted by Crippen LogP contribution is 2.31. The zero-order chi connectivity index (χ0) is 15.0. The van der Waals surface area contributed by atoms with E-state index in [0.717, 1.165) is 10.0 Å². The van der Waals surface area contributed by atoms with Crippen molar-refractivity contribution in [1.82, 2.24) is 0 Å². The van der Waals surface area contributed by atoms with Crippen LogP contribution in [0.25, 0.3) is 22.1 Å². The zero-order valence-corrected chi connectivity index (χ0v) is 13.3. The van der Waals surface area contributed by atoms with Crippen molar-refractivity contribution in [3.8, 4) is 11.1 Å². The van der Waals surface area contributed by atoms with Crippen LogP contribution >= 0.6 is 15.9 Å². The molecule has 0 aliphatic rings. The largest absolute Gasteiger partial charge is 0.440 e. The fourth-order valence-corrected chi connectivity index (χ4v) is 2.69. The minimum atomic E-state index is -0.0209. The van der Waals surface area contributed by atoms with Crippen LogP contribution in [-0.2, 0) is 0 Å². The van der Waals surface area contributed by atoms with E-state index in [9.17, 15) is 4.79 Å². The van der Waals surface area contributed by atoms with Gasteiger partial charge >= 0.3 is 0 Å². The van der Waals surface area contributed by atoms with Crippen molar-refractivity contribution in [2.45, 2.75) is 0 Å². The summed E-state index contributed by atoms with van der Waals surface area (Å²) in [7, 11) is 3.74. The summed E-state index contributed by atoms with van der Waals surface area (Å²) in [5.74, 6) is 0.570. The van der Waals surface area contributed by atoms with Gasteiger partial charge in [-0.15, -0.1) is 0 Å². The topological polar surface area (TPSA) is 33.5 Å². The second-order valence-corrected chi connectivity index (χ2v) is 5.93. The molecule has 0 saturated carbocycles. The Balaban J connectivity index is 2.43. The van der Waals surface area contributed by atoms with Crippen molar-refractivity contribution in [2.24, 2.45) is 0 Å². The van der Waals surface area contributed by atoms with Crippen molar-refractivity contribution in [3.63, 3.8) is 0 Å². The smallest absolute Gasteiger partial charge is 0.207 e. The molecule has 0 bridgehead atoms. The Hall–Kier alpha value is -2.07. The van der Waals surface area contributed by atoms with Crippen LogP contribution in [-0.4, -0.2) is 14.1 Å². The molecule has 3 aromatic rings. The summed E-state index contributed by atoms with van der Waals surface area (Å²) in [5.41, 5.74) is 2.02. The van der Waals surface area contributed by atoms with E-state index in [0.29, 0.717) is 22.4 Å². The van der Waals surface area contributed by atoms with Gasteiger partial charge < -0.3 is 9.32 Å². The zero-order valence-electron chi connectivity index (χ0n) is 11.8. The molecule has 2 aromatic carbocycles. The van der Waals surface area contributed by atoms with Crippen LogP contribution in [0.1, 0.15) is 0 Å². The lowest BCUT2D eigenvalue weighted by molar-refractivity contribution is 0.599. The quantitative estimate of drug-likeness (QED) is 0.695. The minimum Gasteiger partial charge on any atom is -0.440 e. The molecular weight excluding hydrogens is 330 g/mol. The van der Waals surface area contributed by atoms with E-state index in [1.807, 2.05) is 61.5 Å². The van der Waals surface area contributed by atoms with Gasteiger partial charge in [-0.1, -0.05) is 46.3 Å². The third-order valence-electron chi connectivity index (χ3n) is 3.30. The number of fused-ring (bicyclic) bond motifs is 1. The average molecular weight is 344 g/mol. The minimum absolute atomic E-state index is 0.0209. The van der Waals surface area contributed by atoms with Crippen LogP contribution in [0.4, 0.5) is 5.88 Å². The van der Waals surface area contributed by atoms with Gasteiger partial charge in [0.1, 0.15) is 5.58 Å². The van der Waals surface area contributed by atoms with Gasteiger partial charge in [0, 0.05) is 18.6 Å². The van der Waals surface area contributed by atoms with E-state index >= 15 is 0 Å². The number of hydrogen-bond acceptors (Lipinski definition) is 3. The standard InChI is InChI=1S/C17H14BrNO2/c1-19(2)17-15(11-6-4-3-5-7-11)16(20)13-10-12(18)8-9-14(13)21-17/h3-10H,1-2H3. The van der Waals surface area contributed by atoms with Gasteiger partial charge in [0.15, 0.2) is 0 Å². The number of anilines is 1. The van der Waals surface area contributed by atoms with Crippen LogP contribution in [0, 0.1) is 0 Å². The Morgan fingerprint density at radius 3 is 2.43 bits per heavy atom. The maximum absolute atomic E-state index is 12.9. The summed E-state index contributed by atoms with van der Waals surface area (Å²) in [6, 6.07) is 15.1. The number of nitrogens with zero attached hydrogens (tertiary/aromatic N) is 1. The molecule has 0 radical (unpaired) electrons. The molecule has 0 atom stereocenters. The highest BCUT2D eigenvalue weighted by molar-refractivity contribution is 9.10. The van der Waals surface area contributed by atoms with Gasteiger partial charge in [-0.3, -0.25) is 4.79 Å². The van der Waals surface area contributed by atoms with Crippen molar-refractivity contribution in [2.75, 3.05) is 19.0 Å². The van der Waals surface area contributed by atoms with Gasteiger partial charge in [-0.2, -0.15) is 0 Å². The fourth-order valence-electron chi connectivity index (χ4n) is 2.33. The van der Waals surface area contributed by atoms with Crippen molar-refractivity contribution < 1.29 is 4.42 Å².